The van der Waals surface area contributed by atoms with Gasteiger partial charge in [-0.25, -0.2) is 8.78 Å². The molecule has 3 amide bonds. The van der Waals surface area contributed by atoms with E-state index in [1.54, 1.807) is 6.08 Å². The number of benzene rings is 3. The summed E-state index contributed by atoms with van der Waals surface area (Å²) in [6, 6.07) is 6.16. The van der Waals surface area contributed by atoms with E-state index >= 15 is 0 Å². The molecule has 3 aromatic rings. The number of hydrogen-bond acceptors (Lipinski definition) is 3. The summed E-state index contributed by atoms with van der Waals surface area (Å²) in [5, 5.41) is 7.69. The molecule has 0 radical (unpaired) electrons. The Balaban J connectivity index is 1.83. The van der Waals surface area contributed by atoms with Gasteiger partial charge in [-0.3, -0.25) is 14.4 Å². The fraction of sp³-hybridized carbons (Fsp3) is 0.148. The quantitative estimate of drug-likeness (QED) is 0.186. The third-order valence-corrected chi connectivity index (χ3v) is 6.23. The average molecular weight is 564 g/mol. The predicted molar refractivity (Wildman–Crippen MR) is 134 cm³/mol. The Morgan fingerprint density at radius 2 is 1.72 bits per heavy atom. The molecule has 1 aliphatic rings. The van der Waals surface area contributed by atoms with E-state index in [1.165, 1.54) is 18.2 Å². The van der Waals surface area contributed by atoms with Crippen LogP contribution in [0.5, 0.6) is 0 Å². The van der Waals surface area contributed by atoms with Crippen molar-refractivity contribution in [3.63, 3.8) is 0 Å². The molecule has 12 heteroatoms. The minimum absolute atomic E-state index is 0.0514. The number of fused-ring (bicyclic) bond motifs is 1. The van der Waals surface area contributed by atoms with Crippen LogP contribution in [0.2, 0.25) is 5.02 Å². The fourth-order valence-corrected chi connectivity index (χ4v) is 4.33. The van der Waals surface area contributed by atoms with Crippen molar-refractivity contribution in [3.05, 3.63) is 111 Å². The van der Waals surface area contributed by atoms with Gasteiger partial charge >= 0.3 is 6.18 Å². The van der Waals surface area contributed by atoms with Crippen LogP contribution in [-0.4, -0.2) is 24.3 Å². The Bertz CT molecular complexity index is 1510. The molecule has 4 rings (SSSR count). The molecule has 202 valence electrons. The molecule has 3 N–H and O–H groups in total. The average Bonchev–Trinajstić information content (AvgIpc) is 3.21. The van der Waals surface area contributed by atoms with Gasteiger partial charge in [-0.05, 0) is 55.0 Å². The second kappa shape index (κ2) is 10.9. The van der Waals surface area contributed by atoms with Gasteiger partial charge in [0.05, 0.1) is 11.6 Å². The molecule has 1 unspecified atom stereocenters. The second-order valence-electron chi connectivity index (χ2n) is 8.57. The molecule has 0 saturated carbocycles. The highest BCUT2D eigenvalue weighted by Gasteiger charge is 2.36. The molecule has 39 heavy (non-hydrogen) atoms. The molecule has 1 atom stereocenters. The van der Waals surface area contributed by atoms with Crippen LogP contribution in [0.25, 0.3) is 0 Å². The Labute approximate surface area is 223 Å². The topological polar surface area (TPSA) is 87.3 Å². The monoisotopic (exact) mass is 563 g/mol. The van der Waals surface area contributed by atoms with Crippen molar-refractivity contribution < 1.29 is 36.3 Å². The summed E-state index contributed by atoms with van der Waals surface area (Å²) in [4.78, 5) is 38.7. The van der Waals surface area contributed by atoms with E-state index in [0.717, 1.165) is 12.1 Å². The lowest BCUT2D eigenvalue weighted by molar-refractivity contribution is -0.137. The summed E-state index contributed by atoms with van der Waals surface area (Å²) < 4.78 is 67.6. The van der Waals surface area contributed by atoms with Crippen LogP contribution in [-0.2, 0) is 6.18 Å². The lowest BCUT2D eigenvalue weighted by Gasteiger charge is -2.19. The van der Waals surface area contributed by atoms with E-state index in [-0.39, 0.29) is 45.6 Å². The van der Waals surface area contributed by atoms with Crippen molar-refractivity contribution in [2.75, 3.05) is 11.9 Å². The van der Waals surface area contributed by atoms with Crippen molar-refractivity contribution in [3.8, 4) is 0 Å². The molecule has 0 fully saturated rings. The standard InChI is InChI=1S/C27H19ClF5N3O3/c1-2-3-6-34-24(37)14-9-19-22(23(36-26(19)39)18-12-16(29)4-5-20(18)28)21(10-14)35-25(38)13-7-15(27(31,32)33)11-17(30)8-13/h2,4-5,7-12,23H,1,3,6H2,(H,34,37)(H,35,38)(H,36,39). The molecule has 0 bridgehead atoms. The van der Waals surface area contributed by atoms with Gasteiger partial charge < -0.3 is 16.0 Å². The first-order valence-corrected chi connectivity index (χ1v) is 11.8. The van der Waals surface area contributed by atoms with Crippen LogP contribution in [0, 0.1) is 11.6 Å². The molecular formula is C27H19ClF5N3O3. The molecular weight excluding hydrogens is 545 g/mol. The van der Waals surface area contributed by atoms with E-state index in [2.05, 4.69) is 22.5 Å². The number of amides is 3. The third kappa shape index (κ3) is 5.93. The van der Waals surface area contributed by atoms with Crippen molar-refractivity contribution in [2.24, 2.45) is 0 Å². The number of alkyl halides is 3. The van der Waals surface area contributed by atoms with E-state index in [1.807, 2.05) is 0 Å². The maximum absolute atomic E-state index is 14.1. The Morgan fingerprint density at radius 1 is 1.00 bits per heavy atom. The molecule has 1 heterocycles. The Morgan fingerprint density at radius 3 is 2.41 bits per heavy atom. The fourth-order valence-electron chi connectivity index (χ4n) is 4.11. The van der Waals surface area contributed by atoms with E-state index in [9.17, 15) is 36.3 Å². The van der Waals surface area contributed by atoms with Gasteiger partial charge in [0.15, 0.2) is 0 Å². The van der Waals surface area contributed by atoms with Crippen LogP contribution in [0.4, 0.5) is 27.6 Å². The normalized spacial score (nSPS) is 14.4. The van der Waals surface area contributed by atoms with Gasteiger partial charge in [-0.15, -0.1) is 6.58 Å². The number of nitrogens with one attached hydrogen (secondary N) is 3. The van der Waals surface area contributed by atoms with Crippen molar-refractivity contribution in [1.82, 2.24) is 10.6 Å². The van der Waals surface area contributed by atoms with Crippen LogP contribution in [0.15, 0.2) is 61.2 Å². The first kappa shape index (κ1) is 27.8. The summed E-state index contributed by atoms with van der Waals surface area (Å²) in [7, 11) is 0. The lowest BCUT2D eigenvalue weighted by Crippen LogP contribution is -2.25. The van der Waals surface area contributed by atoms with Gasteiger partial charge in [0.25, 0.3) is 17.7 Å². The van der Waals surface area contributed by atoms with Crippen molar-refractivity contribution in [2.45, 2.75) is 18.6 Å². The highest BCUT2D eigenvalue weighted by Crippen LogP contribution is 2.40. The number of carbonyl (C=O) groups excluding carboxylic acids is 3. The smallest absolute Gasteiger partial charge is 0.352 e. The van der Waals surface area contributed by atoms with E-state index < -0.39 is 52.7 Å². The van der Waals surface area contributed by atoms with Gasteiger partial charge in [0.2, 0.25) is 0 Å². The number of carbonyl (C=O) groups is 3. The molecule has 0 aliphatic carbocycles. The van der Waals surface area contributed by atoms with Gasteiger partial charge in [-0.1, -0.05) is 17.7 Å². The summed E-state index contributed by atoms with van der Waals surface area (Å²) in [6.07, 6.45) is -2.90. The summed E-state index contributed by atoms with van der Waals surface area (Å²) >= 11 is 6.25. The van der Waals surface area contributed by atoms with Gasteiger partial charge in [0, 0.05) is 45.1 Å². The zero-order valence-electron chi connectivity index (χ0n) is 19.9. The highest BCUT2D eigenvalue weighted by atomic mass is 35.5. The lowest BCUT2D eigenvalue weighted by atomic mass is 9.94. The second-order valence-corrected chi connectivity index (χ2v) is 8.98. The molecule has 0 spiro atoms. The van der Waals surface area contributed by atoms with Crippen molar-refractivity contribution in [1.29, 1.82) is 0 Å². The minimum atomic E-state index is -4.92. The van der Waals surface area contributed by atoms with E-state index in [4.69, 9.17) is 11.6 Å². The largest absolute Gasteiger partial charge is 0.416 e. The molecule has 6 nitrogen and oxygen atoms in total. The van der Waals surface area contributed by atoms with Crippen molar-refractivity contribution >= 4 is 35.0 Å². The first-order chi connectivity index (χ1) is 18.4. The predicted octanol–water partition coefficient (Wildman–Crippen LogP) is 6.03. The van der Waals surface area contributed by atoms with Gasteiger partial charge in [-0.2, -0.15) is 13.2 Å². The number of rotatable bonds is 7. The Kier molecular flexibility index (Phi) is 7.73. The SMILES string of the molecule is C=CCCNC(=O)c1cc(NC(=O)c2cc(F)cc(C(F)(F)F)c2)c2c(c1)C(=O)NC2c1cc(F)ccc1Cl. The molecule has 3 aromatic carbocycles. The highest BCUT2D eigenvalue weighted by molar-refractivity contribution is 6.31. The zero-order chi connectivity index (χ0) is 28.5. The number of anilines is 1. The number of halogens is 6. The third-order valence-electron chi connectivity index (χ3n) is 5.89. The Hall–Kier alpha value is -4.25. The van der Waals surface area contributed by atoms with Gasteiger partial charge in [0.1, 0.15) is 11.6 Å². The number of hydrogen-bond donors (Lipinski definition) is 3. The van der Waals surface area contributed by atoms with Crippen LogP contribution < -0.4 is 16.0 Å². The van der Waals surface area contributed by atoms with E-state index in [0.29, 0.717) is 18.6 Å². The maximum atomic E-state index is 14.1. The molecule has 1 aliphatic heterocycles. The van der Waals surface area contributed by atoms with Crippen LogP contribution >= 0.6 is 11.6 Å². The summed E-state index contributed by atoms with van der Waals surface area (Å²) in [5.74, 6) is -4.39. The first-order valence-electron chi connectivity index (χ1n) is 11.4. The summed E-state index contributed by atoms with van der Waals surface area (Å²) in [5.41, 5.74) is -2.06. The zero-order valence-corrected chi connectivity index (χ0v) is 20.6. The van der Waals surface area contributed by atoms with Crippen LogP contribution in [0.3, 0.4) is 0 Å². The van der Waals surface area contributed by atoms with Crippen LogP contribution in [0.1, 0.15) is 60.2 Å². The summed E-state index contributed by atoms with van der Waals surface area (Å²) in [6.45, 7) is 3.78. The maximum Gasteiger partial charge on any atom is 0.416 e. The minimum Gasteiger partial charge on any atom is -0.352 e. The molecule has 0 aromatic heterocycles. The molecule has 0 saturated heterocycles.